The van der Waals surface area contributed by atoms with Gasteiger partial charge in [0.1, 0.15) is 11.4 Å². The second-order valence-electron chi connectivity index (χ2n) is 6.37. The summed E-state index contributed by atoms with van der Waals surface area (Å²) in [4.78, 5) is 13.1. The number of amides is 1. The van der Waals surface area contributed by atoms with Gasteiger partial charge in [0.05, 0.1) is 16.9 Å². The molecule has 30 heavy (non-hydrogen) atoms. The van der Waals surface area contributed by atoms with Gasteiger partial charge in [0.25, 0.3) is 5.91 Å². The van der Waals surface area contributed by atoms with E-state index in [4.69, 9.17) is 0 Å². The summed E-state index contributed by atoms with van der Waals surface area (Å²) < 4.78 is 31.5. The molecule has 1 amide bonds. The average molecular weight is 405 g/mol. The van der Waals surface area contributed by atoms with Crippen molar-refractivity contribution in [3.05, 3.63) is 96.7 Å². The SMILES string of the molecule is O=C(Nc1ccccc1OC(F)F)c1cn(-c2ccccc2)nc1-c1ccccc1. The Morgan fingerprint density at radius 2 is 1.53 bits per heavy atom. The molecule has 3 aromatic carbocycles. The minimum atomic E-state index is -3.00. The first-order valence-electron chi connectivity index (χ1n) is 9.17. The van der Waals surface area contributed by atoms with Crippen LogP contribution in [0.4, 0.5) is 14.5 Å². The van der Waals surface area contributed by atoms with Crippen LogP contribution >= 0.6 is 0 Å². The van der Waals surface area contributed by atoms with Crippen LogP contribution in [0.15, 0.2) is 91.1 Å². The Morgan fingerprint density at radius 3 is 2.23 bits per heavy atom. The number of hydrogen-bond donors (Lipinski definition) is 1. The summed E-state index contributed by atoms with van der Waals surface area (Å²) in [6.45, 7) is -3.00. The Labute approximate surface area is 171 Å². The minimum absolute atomic E-state index is 0.113. The number of nitrogens with one attached hydrogen (secondary N) is 1. The maximum atomic E-state index is 13.1. The summed E-state index contributed by atoms with van der Waals surface area (Å²) in [6.07, 6.45) is 1.61. The maximum Gasteiger partial charge on any atom is 0.387 e. The first-order chi connectivity index (χ1) is 14.6. The zero-order valence-electron chi connectivity index (χ0n) is 15.7. The molecule has 1 aromatic heterocycles. The van der Waals surface area contributed by atoms with E-state index in [1.807, 2.05) is 60.7 Å². The summed E-state index contributed by atoms with van der Waals surface area (Å²) in [5.41, 5.74) is 2.47. The molecule has 0 aliphatic carbocycles. The van der Waals surface area contributed by atoms with Crippen LogP contribution in [0.5, 0.6) is 5.75 Å². The number of carbonyl (C=O) groups excluding carboxylic acids is 1. The molecule has 150 valence electrons. The standard InChI is InChI=1S/C23H17F2N3O2/c24-23(25)30-20-14-8-7-13-19(20)26-22(29)18-15-28(17-11-5-2-6-12-17)27-21(18)16-9-3-1-4-10-16/h1-15,23H,(H,26,29). The summed E-state index contributed by atoms with van der Waals surface area (Å²) in [7, 11) is 0. The molecule has 0 spiro atoms. The molecular weight excluding hydrogens is 388 g/mol. The molecule has 0 aliphatic rings. The van der Waals surface area contributed by atoms with Crippen LogP contribution in [0.25, 0.3) is 16.9 Å². The molecule has 1 heterocycles. The van der Waals surface area contributed by atoms with Crippen molar-refractivity contribution in [2.24, 2.45) is 0 Å². The van der Waals surface area contributed by atoms with Gasteiger partial charge in [-0.1, -0.05) is 60.7 Å². The fourth-order valence-corrected chi connectivity index (χ4v) is 3.02. The summed E-state index contributed by atoms with van der Waals surface area (Å²) in [6, 6.07) is 24.7. The second-order valence-corrected chi connectivity index (χ2v) is 6.37. The van der Waals surface area contributed by atoms with Crippen molar-refractivity contribution in [2.75, 3.05) is 5.32 Å². The van der Waals surface area contributed by atoms with Gasteiger partial charge in [-0.05, 0) is 24.3 Å². The zero-order chi connectivity index (χ0) is 20.9. The van der Waals surface area contributed by atoms with E-state index in [1.54, 1.807) is 23.0 Å². The van der Waals surface area contributed by atoms with Gasteiger partial charge in [0, 0.05) is 11.8 Å². The van der Waals surface area contributed by atoms with Crippen molar-refractivity contribution >= 4 is 11.6 Å². The third-order valence-corrected chi connectivity index (χ3v) is 4.38. The molecule has 0 saturated carbocycles. The summed E-state index contributed by atoms with van der Waals surface area (Å²) in [5.74, 6) is -0.598. The van der Waals surface area contributed by atoms with Crippen LogP contribution in [0.3, 0.4) is 0 Å². The second kappa shape index (κ2) is 8.57. The van der Waals surface area contributed by atoms with Gasteiger partial charge in [-0.15, -0.1) is 0 Å². The van der Waals surface area contributed by atoms with Gasteiger partial charge >= 0.3 is 6.61 Å². The Hall–Kier alpha value is -4.00. The molecular formula is C23H17F2N3O2. The number of rotatable bonds is 6. The van der Waals surface area contributed by atoms with E-state index in [0.29, 0.717) is 11.3 Å². The molecule has 4 rings (SSSR count). The number of nitrogens with zero attached hydrogens (tertiary/aromatic N) is 2. The van der Waals surface area contributed by atoms with Crippen molar-refractivity contribution in [1.29, 1.82) is 0 Å². The minimum Gasteiger partial charge on any atom is -0.433 e. The molecule has 0 saturated heterocycles. The molecule has 7 heteroatoms. The van der Waals surface area contributed by atoms with Crippen molar-refractivity contribution in [3.63, 3.8) is 0 Å². The number of ether oxygens (including phenoxy) is 1. The van der Waals surface area contributed by atoms with E-state index >= 15 is 0 Å². The highest BCUT2D eigenvalue weighted by Crippen LogP contribution is 2.28. The molecule has 4 aromatic rings. The number of alkyl halides is 2. The lowest BCUT2D eigenvalue weighted by Crippen LogP contribution is -2.14. The first kappa shape index (κ1) is 19.3. The molecule has 5 nitrogen and oxygen atoms in total. The smallest absolute Gasteiger partial charge is 0.387 e. The van der Waals surface area contributed by atoms with E-state index in [-0.39, 0.29) is 11.4 Å². The fraction of sp³-hybridized carbons (Fsp3) is 0.0435. The van der Waals surface area contributed by atoms with E-state index in [2.05, 4.69) is 15.2 Å². The van der Waals surface area contributed by atoms with E-state index in [0.717, 1.165) is 11.3 Å². The molecule has 0 atom stereocenters. The normalized spacial score (nSPS) is 10.8. The largest absolute Gasteiger partial charge is 0.433 e. The topological polar surface area (TPSA) is 56.1 Å². The number of carbonyl (C=O) groups is 1. The van der Waals surface area contributed by atoms with Crippen LogP contribution in [0.1, 0.15) is 10.4 Å². The first-order valence-corrected chi connectivity index (χ1v) is 9.17. The number of aromatic nitrogens is 2. The monoisotopic (exact) mass is 405 g/mol. The molecule has 0 fully saturated rings. The highest BCUT2D eigenvalue weighted by Gasteiger charge is 2.20. The van der Waals surface area contributed by atoms with E-state index < -0.39 is 12.5 Å². The van der Waals surface area contributed by atoms with E-state index in [1.165, 1.54) is 12.1 Å². The molecule has 0 radical (unpaired) electrons. The van der Waals surface area contributed by atoms with Crippen LogP contribution < -0.4 is 10.1 Å². The lowest BCUT2D eigenvalue weighted by Gasteiger charge is -2.11. The predicted molar refractivity (Wildman–Crippen MR) is 110 cm³/mol. The zero-order valence-corrected chi connectivity index (χ0v) is 15.7. The summed E-state index contributed by atoms with van der Waals surface area (Å²) >= 11 is 0. The number of para-hydroxylation sites is 3. The number of halogens is 2. The van der Waals surface area contributed by atoms with Gasteiger partial charge in [-0.3, -0.25) is 4.79 Å². The lowest BCUT2D eigenvalue weighted by molar-refractivity contribution is -0.0493. The lowest BCUT2D eigenvalue weighted by atomic mass is 10.1. The van der Waals surface area contributed by atoms with Gasteiger partial charge in [-0.25, -0.2) is 4.68 Å². The number of hydrogen-bond acceptors (Lipinski definition) is 3. The Morgan fingerprint density at radius 1 is 0.900 bits per heavy atom. The Balaban J connectivity index is 1.73. The fourth-order valence-electron chi connectivity index (χ4n) is 3.02. The van der Waals surface area contributed by atoms with Crippen LogP contribution in [-0.2, 0) is 0 Å². The van der Waals surface area contributed by atoms with Gasteiger partial charge in [0.2, 0.25) is 0 Å². The van der Waals surface area contributed by atoms with Crippen molar-refractivity contribution in [3.8, 4) is 22.7 Å². The van der Waals surface area contributed by atoms with Crippen LogP contribution in [0.2, 0.25) is 0 Å². The van der Waals surface area contributed by atoms with Gasteiger partial charge in [-0.2, -0.15) is 13.9 Å². The quantitative estimate of drug-likeness (QED) is 0.468. The number of anilines is 1. The van der Waals surface area contributed by atoms with E-state index in [9.17, 15) is 13.6 Å². The molecule has 0 aliphatic heterocycles. The third kappa shape index (κ3) is 4.20. The maximum absolute atomic E-state index is 13.1. The molecule has 0 unspecified atom stereocenters. The van der Waals surface area contributed by atoms with Crippen molar-refractivity contribution in [1.82, 2.24) is 9.78 Å². The highest BCUT2D eigenvalue weighted by atomic mass is 19.3. The highest BCUT2D eigenvalue weighted by molar-refractivity contribution is 6.08. The predicted octanol–water partition coefficient (Wildman–Crippen LogP) is 5.39. The average Bonchev–Trinajstić information content (AvgIpc) is 3.22. The third-order valence-electron chi connectivity index (χ3n) is 4.38. The summed E-state index contributed by atoms with van der Waals surface area (Å²) in [5, 5.41) is 7.25. The van der Waals surface area contributed by atoms with Gasteiger partial charge < -0.3 is 10.1 Å². The molecule has 1 N–H and O–H groups in total. The van der Waals surface area contributed by atoms with Crippen LogP contribution in [-0.4, -0.2) is 22.3 Å². The van der Waals surface area contributed by atoms with Gasteiger partial charge in [0.15, 0.2) is 0 Å². The number of benzene rings is 3. The Kier molecular flexibility index (Phi) is 5.52. The van der Waals surface area contributed by atoms with Crippen molar-refractivity contribution in [2.45, 2.75) is 6.61 Å². The van der Waals surface area contributed by atoms with Crippen molar-refractivity contribution < 1.29 is 18.3 Å². The molecule has 0 bridgehead atoms. The van der Waals surface area contributed by atoms with Crippen LogP contribution in [0, 0.1) is 0 Å². The Bertz CT molecular complexity index is 1150.